The van der Waals surface area contributed by atoms with Crippen LogP contribution < -0.4 is 0 Å². The quantitative estimate of drug-likeness (QED) is 0.810. The molecule has 146 valence electrons. The summed E-state index contributed by atoms with van der Waals surface area (Å²) in [5, 5.41) is 0. The fourth-order valence-electron chi connectivity index (χ4n) is 4.50. The molecule has 0 radical (unpaired) electrons. The molecule has 6 nitrogen and oxygen atoms in total. The van der Waals surface area contributed by atoms with Crippen LogP contribution in [0.15, 0.2) is 12.4 Å². The van der Waals surface area contributed by atoms with Crippen molar-refractivity contribution in [2.75, 3.05) is 47.3 Å². The minimum atomic E-state index is 0.0764. The predicted molar refractivity (Wildman–Crippen MR) is 109 cm³/mol. The Morgan fingerprint density at radius 2 is 1.74 bits per heavy atom. The van der Waals surface area contributed by atoms with Crippen LogP contribution in [-0.2, 0) is 0 Å². The molecule has 0 N–H and O–H groups in total. The highest BCUT2D eigenvalue weighted by Gasteiger charge is 2.32. The third kappa shape index (κ3) is 3.73. The van der Waals surface area contributed by atoms with E-state index in [4.69, 9.17) is 0 Å². The maximum atomic E-state index is 12.8. The van der Waals surface area contributed by atoms with E-state index in [0.29, 0.717) is 5.92 Å². The van der Waals surface area contributed by atoms with Crippen LogP contribution in [0.5, 0.6) is 0 Å². The summed E-state index contributed by atoms with van der Waals surface area (Å²) in [5.41, 5.74) is 2.08. The zero-order chi connectivity index (χ0) is 19.0. The van der Waals surface area contributed by atoms with Gasteiger partial charge < -0.3 is 14.7 Å². The highest BCUT2D eigenvalue weighted by Crippen LogP contribution is 2.40. The Kier molecular flexibility index (Phi) is 5.43. The molecular weight excluding hydrogens is 358 g/mol. The molecule has 7 heteroatoms. The van der Waals surface area contributed by atoms with Crippen LogP contribution >= 0.6 is 11.3 Å². The Morgan fingerprint density at radius 3 is 2.41 bits per heavy atom. The van der Waals surface area contributed by atoms with Gasteiger partial charge in [0.2, 0.25) is 0 Å². The maximum Gasteiger partial charge on any atom is 0.263 e. The molecule has 0 bridgehead atoms. The first-order chi connectivity index (χ1) is 13.0. The number of fused-ring (bicyclic) bond motifs is 1. The molecule has 1 amide bonds. The van der Waals surface area contributed by atoms with Gasteiger partial charge in [-0.25, -0.2) is 4.98 Å². The van der Waals surface area contributed by atoms with E-state index in [9.17, 15) is 4.79 Å². The van der Waals surface area contributed by atoms with E-state index in [1.807, 2.05) is 14.1 Å². The number of carbonyl (C=O) groups excluding carboxylic acids is 1. The first kappa shape index (κ1) is 18.8. The largest absolute Gasteiger partial charge is 0.344 e. The van der Waals surface area contributed by atoms with Gasteiger partial charge in [0.15, 0.2) is 0 Å². The summed E-state index contributed by atoms with van der Waals surface area (Å²) >= 11 is 1.50. The molecule has 2 saturated heterocycles. The standard InChI is InChI=1S/C20H29N5OS/c1-23(2)20(26)18-16(17-19(27-18)22-9-8-21-17)14-4-12-25(13-5-14)15-6-10-24(3)11-7-15/h8-9,14-15H,4-7,10-13H2,1-3H3. The fraction of sp³-hybridized carbons (Fsp3) is 0.650. The van der Waals surface area contributed by atoms with E-state index in [1.54, 1.807) is 17.3 Å². The number of hydrogen-bond donors (Lipinski definition) is 0. The van der Waals surface area contributed by atoms with Gasteiger partial charge in [0.1, 0.15) is 10.3 Å². The van der Waals surface area contributed by atoms with Crippen LogP contribution in [0.4, 0.5) is 0 Å². The topological polar surface area (TPSA) is 52.6 Å². The Hall–Kier alpha value is -1.57. The molecular formula is C20H29N5OS. The van der Waals surface area contributed by atoms with E-state index in [1.165, 1.54) is 37.3 Å². The van der Waals surface area contributed by atoms with E-state index in [-0.39, 0.29) is 5.91 Å². The monoisotopic (exact) mass is 387 g/mol. The lowest BCUT2D eigenvalue weighted by atomic mass is 9.87. The predicted octanol–water partition coefficient (Wildman–Crippen LogP) is 2.67. The van der Waals surface area contributed by atoms with Crippen LogP contribution in [-0.4, -0.2) is 83.9 Å². The molecule has 2 aliphatic rings. The molecule has 0 spiro atoms. The number of likely N-dealkylation sites (tertiary alicyclic amines) is 2. The van der Waals surface area contributed by atoms with Crippen LogP contribution in [0.25, 0.3) is 10.3 Å². The number of rotatable bonds is 3. The molecule has 4 rings (SSSR count). The number of thiophene rings is 1. The fourth-order valence-corrected chi connectivity index (χ4v) is 5.71. The van der Waals surface area contributed by atoms with Gasteiger partial charge in [0.25, 0.3) is 5.91 Å². The van der Waals surface area contributed by atoms with E-state index >= 15 is 0 Å². The minimum Gasteiger partial charge on any atom is -0.344 e. The zero-order valence-corrected chi connectivity index (χ0v) is 17.3. The van der Waals surface area contributed by atoms with Gasteiger partial charge >= 0.3 is 0 Å². The summed E-state index contributed by atoms with van der Waals surface area (Å²) in [5.74, 6) is 0.476. The maximum absolute atomic E-state index is 12.8. The molecule has 2 aromatic rings. The zero-order valence-electron chi connectivity index (χ0n) is 16.5. The normalized spacial score (nSPS) is 21.0. The summed E-state index contributed by atoms with van der Waals surface area (Å²) in [6.07, 6.45) is 8.22. The van der Waals surface area contributed by atoms with Crippen molar-refractivity contribution in [3.05, 3.63) is 22.8 Å². The van der Waals surface area contributed by atoms with Gasteiger partial charge in [-0.15, -0.1) is 11.3 Å². The Bertz CT molecular complexity index is 804. The SMILES string of the molecule is CN1CCC(N2CCC(c3c(C(=O)N(C)C)sc4nccnc34)CC2)CC1. The molecule has 0 atom stereocenters. The highest BCUT2D eigenvalue weighted by atomic mass is 32.1. The third-order valence-electron chi connectivity index (χ3n) is 6.11. The van der Waals surface area contributed by atoms with E-state index in [2.05, 4.69) is 26.8 Å². The molecule has 2 aromatic heterocycles. The van der Waals surface area contributed by atoms with Gasteiger partial charge in [-0.1, -0.05) is 0 Å². The number of aromatic nitrogens is 2. The van der Waals surface area contributed by atoms with Crippen LogP contribution in [0.3, 0.4) is 0 Å². The van der Waals surface area contributed by atoms with E-state index in [0.717, 1.165) is 52.8 Å². The van der Waals surface area contributed by atoms with Crippen molar-refractivity contribution in [2.24, 2.45) is 0 Å². The third-order valence-corrected chi connectivity index (χ3v) is 7.20. The average molecular weight is 388 g/mol. The van der Waals surface area contributed by atoms with Crippen molar-refractivity contribution in [2.45, 2.75) is 37.6 Å². The van der Waals surface area contributed by atoms with Crippen molar-refractivity contribution < 1.29 is 4.79 Å². The molecule has 2 aliphatic heterocycles. The minimum absolute atomic E-state index is 0.0764. The van der Waals surface area contributed by atoms with Crippen molar-refractivity contribution in [3.8, 4) is 0 Å². The molecule has 0 unspecified atom stereocenters. The van der Waals surface area contributed by atoms with Crippen LogP contribution in [0.1, 0.15) is 46.8 Å². The molecule has 0 aromatic carbocycles. The lowest BCUT2D eigenvalue weighted by Crippen LogP contribution is -2.46. The molecule has 0 aliphatic carbocycles. The summed E-state index contributed by atoms with van der Waals surface area (Å²) in [4.78, 5) is 30.3. The van der Waals surface area contributed by atoms with Crippen molar-refractivity contribution in [1.82, 2.24) is 24.7 Å². The molecule has 0 saturated carbocycles. The van der Waals surface area contributed by atoms with Gasteiger partial charge in [-0.3, -0.25) is 9.78 Å². The summed E-state index contributed by atoms with van der Waals surface area (Å²) in [6, 6.07) is 0.726. The summed E-state index contributed by atoms with van der Waals surface area (Å²) in [7, 11) is 5.86. The van der Waals surface area contributed by atoms with E-state index < -0.39 is 0 Å². The lowest BCUT2D eigenvalue weighted by molar-refractivity contribution is 0.0826. The molecule has 27 heavy (non-hydrogen) atoms. The van der Waals surface area contributed by atoms with Gasteiger partial charge in [-0.2, -0.15) is 0 Å². The van der Waals surface area contributed by atoms with Crippen molar-refractivity contribution in [3.63, 3.8) is 0 Å². The second kappa shape index (κ2) is 7.81. The molecule has 2 fully saturated rings. The number of piperidine rings is 2. The van der Waals surface area contributed by atoms with Crippen LogP contribution in [0, 0.1) is 0 Å². The van der Waals surface area contributed by atoms with Crippen molar-refractivity contribution >= 4 is 27.6 Å². The smallest absolute Gasteiger partial charge is 0.263 e. The first-order valence-electron chi connectivity index (χ1n) is 9.92. The second-order valence-corrected chi connectivity index (χ2v) is 9.10. The Morgan fingerprint density at radius 1 is 1.07 bits per heavy atom. The number of amides is 1. The highest BCUT2D eigenvalue weighted by molar-refractivity contribution is 7.20. The van der Waals surface area contributed by atoms with Gasteiger partial charge in [0, 0.05) is 38.1 Å². The Labute approximate surface area is 165 Å². The number of carbonyl (C=O) groups is 1. The molecule has 4 heterocycles. The van der Waals surface area contributed by atoms with Crippen LogP contribution in [0.2, 0.25) is 0 Å². The van der Waals surface area contributed by atoms with Gasteiger partial charge in [-0.05, 0) is 64.8 Å². The van der Waals surface area contributed by atoms with Crippen molar-refractivity contribution in [1.29, 1.82) is 0 Å². The summed E-state index contributed by atoms with van der Waals surface area (Å²) in [6.45, 7) is 4.65. The lowest BCUT2D eigenvalue weighted by Gasteiger charge is -2.41. The second-order valence-electron chi connectivity index (χ2n) is 8.10. The summed E-state index contributed by atoms with van der Waals surface area (Å²) < 4.78 is 0. The average Bonchev–Trinajstić information content (AvgIpc) is 3.07. The number of nitrogens with zero attached hydrogens (tertiary/aromatic N) is 5. The number of hydrogen-bond acceptors (Lipinski definition) is 6. The first-order valence-corrected chi connectivity index (χ1v) is 10.7. The Balaban J connectivity index is 1.55. The van der Waals surface area contributed by atoms with Gasteiger partial charge in [0.05, 0.1) is 4.88 Å².